The number of nitrogens with zero attached hydrogens (tertiary/aromatic N) is 3. The van der Waals surface area contributed by atoms with Crippen molar-refractivity contribution < 1.29 is 0 Å². The Balaban J connectivity index is 1.93. The van der Waals surface area contributed by atoms with Crippen LogP contribution in [0.25, 0.3) is 10.7 Å². The van der Waals surface area contributed by atoms with E-state index in [1.807, 2.05) is 10.9 Å². The van der Waals surface area contributed by atoms with Gasteiger partial charge in [0.05, 0.1) is 5.51 Å². The van der Waals surface area contributed by atoms with E-state index in [4.69, 9.17) is 0 Å². The van der Waals surface area contributed by atoms with E-state index in [1.54, 1.807) is 22.7 Å². The molecule has 0 fully saturated rings. The van der Waals surface area contributed by atoms with Gasteiger partial charge in [-0.25, -0.2) is 4.98 Å². The Bertz CT molecular complexity index is 422. The summed E-state index contributed by atoms with van der Waals surface area (Å²) in [5.74, 6) is 0.658. The molecular weight excluding hydrogens is 240 g/mol. The molecule has 1 N–H and O–H groups in total. The molecule has 86 valence electrons. The van der Waals surface area contributed by atoms with Gasteiger partial charge in [-0.05, 0) is 12.5 Å². The first-order chi connectivity index (χ1) is 7.75. The first-order valence-electron chi connectivity index (χ1n) is 5.17. The molecule has 0 aliphatic heterocycles. The van der Waals surface area contributed by atoms with Crippen LogP contribution < -0.4 is 5.32 Å². The zero-order chi connectivity index (χ0) is 11.4. The zero-order valence-electron chi connectivity index (χ0n) is 9.30. The van der Waals surface area contributed by atoms with Gasteiger partial charge in [0, 0.05) is 11.9 Å². The molecule has 0 radical (unpaired) electrons. The molecule has 0 aliphatic carbocycles. The number of hydrogen-bond donors (Lipinski definition) is 1. The van der Waals surface area contributed by atoms with Crippen molar-refractivity contribution in [3.8, 4) is 10.7 Å². The number of nitrogens with one attached hydrogen (secondary N) is 1. The van der Waals surface area contributed by atoms with Crippen molar-refractivity contribution in [3.63, 3.8) is 0 Å². The van der Waals surface area contributed by atoms with Crippen molar-refractivity contribution in [1.82, 2.24) is 20.5 Å². The Hall–Kier alpha value is -0.850. The molecular formula is C10H14N4S2. The van der Waals surface area contributed by atoms with Gasteiger partial charge in [0.1, 0.15) is 10.7 Å². The van der Waals surface area contributed by atoms with E-state index in [2.05, 4.69) is 34.3 Å². The molecule has 2 aromatic heterocycles. The zero-order valence-corrected chi connectivity index (χ0v) is 10.9. The molecule has 0 aliphatic rings. The Kier molecular flexibility index (Phi) is 3.98. The predicted molar refractivity (Wildman–Crippen MR) is 67.6 cm³/mol. The van der Waals surface area contributed by atoms with Crippen LogP contribution in [-0.2, 0) is 6.54 Å². The molecule has 0 unspecified atom stereocenters. The lowest BCUT2D eigenvalue weighted by molar-refractivity contribution is 0.550. The van der Waals surface area contributed by atoms with Crippen LogP contribution in [0.1, 0.15) is 18.9 Å². The summed E-state index contributed by atoms with van der Waals surface area (Å²) in [4.78, 5) is 4.21. The molecule has 0 atom stereocenters. The molecule has 0 saturated carbocycles. The lowest BCUT2D eigenvalue weighted by atomic mass is 10.2. The SMILES string of the molecule is CC(C)CNCc1nnc(-c2cscn2)s1. The van der Waals surface area contributed by atoms with Gasteiger partial charge in [-0.3, -0.25) is 0 Å². The van der Waals surface area contributed by atoms with Crippen LogP contribution in [0.4, 0.5) is 0 Å². The van der Waals surface area contributed by atoms with Gasteiger partial charge < -0.3 is 5.32 Å². The average molecular weight is 254 g/mol. The third-order valence-corrected chi connectivity index (χ3v) is 3.48. The van der Waals surface area contributed by atoms with Crippen molar-refractivity contribution in [2.75, 3.05) is 6.54 Å². The Morgan fingerprint density at radius 1 is 1.38 bits per heavy atom. The van der Waals surface area contributed by atoms with Crippen molar-refractivity contribution in [3.05, 3.63) is 15.9 Å². The maximum absolute atomic E-state index is 4.21. The van der Waals surface area contributed by atoms with E-state index >= 15 is 0 Å². The molecule has 2 rings (SSSR count). The van der Waals surface area contributed by atoms with E-state index in [-0.39, 0.29) is 0 Å². The van der Waals surface area contributed by atoms with Gasteiger partial charge >= 0.3 is 0 Å². The summed E-state index contributed by atoms with van der Waals surface area (Å²) in [5, 5.41) is 15.5. The second kappa shape index (κ2) is 5.47. The van der Waals surface area contributed by atoms with Gasteiger partial charge in [0.2, 0.25) is 0 Å². The summed E-state index contributed by atoms with van der Waals surface area (Å²) in [6, 6.07) is 0. The monoisotopic (exact) mass is 254 g/mol. The van der Waals surface area contributed by atoms with Crippen LogP contribution in [0, 0.1) is 5.92 Å². The lowest BCUT2D eigenvalue weighted by Gasteiger charge is -2.03. The molecule has 16 heavy (non-hydrogen) atoms. The summed E-state index contributed by atoms with van der Waals surface area (Å²) in [6.45, 7) is 6.17. The highest BCUT2D eigenvalue weighted by Gasteiger charge is 2.07. The van der Waals surface area contributed by atoms with Crippen molar-refractivity contribution in [2.45, 2.75) is 20.4 Å². The van der Waals surface area contributed by atoms with E-state index in [1.165, 1.54) is 0 Å². The van der Waals surface area contributed by atoms with Crippen molar-refractivity contribution >= 4 is 22.7 Å². The molecule has 0 aromatic carbocycles. The number of hydrogen-bond acceptors (Lipinski definition) is 6. The molecule has 0 amide bonds. The maximum atomic E-state index is 4.21. The van der Waals surface area contributed by atoms with Gasteiger partial charge in [-0.15, -0.1) is 21.5 Å². The third-order valence-electron chi connectivity index (χ3n) is 1.95. The van der Waals surface area contributed by atoms with Gasteiger partial charge in [-0.1, -0.05) is 25.2 Å². The van der Waals surface area contributed by atoms with Crippen LogP contribution in [0.2, 0.25) is 0 Å². The van der Waals surface area contributed by atoms with Crippen molar-refractivity contribution in [2.24, 2.45) is 5.92 Å². The molecule has 2 aromatic rings. The smallest absolute Gasteiger partial charge is 0.167 e. The largest absolute Gasteiger partial charge is 0.310 e. The Morgan fingerprint density at radius 3 is 2.94 bits per heavy atom. The average Bonchev–Trinajstić information content (AvgIpc) is 2.85. The standard InChI is InChI=1S/C10H14N4S2/c1-7(2)3-11-4-9-13-14-10(16-9)8-5-15-6-12-8/h5-7,11H,3-4H2,1-2H3. The van der Waals surface area contributed by atoms with Crippen LogP contribution >= 0.6 is 22.7 Å². The molecule has 2 heterocycles. The Labute approximate surface area is 103 Å². The van der Waals surface area contributed by atoms with Gasteiger partial charge in [0.15, 0.2) is 5.01 Å². The van der Waals surface area contributed by atoms with Crippen LogP contribution in [-0.4, -0.2) is 21.7 Å². The normalized spacial score (nSPS) is 11.2. The first kappa shape index (κ1) is 11.6. The fourth-order valence-corrected chi connectivity index (χ4v) is 2.60. The van der Waals surface area contributed by atoms with Crippen LogP contribution in [0.15, 0.2) is 10.9 Å². The minimum Gasteiger partial charge on any atom is -0.310 e. The molecule has 0 saturated heterocycles. The summed E-state index contributed by atoms with van der Waals surface area (Å²) in [6.07, 6.45) is 0. The summed E-state index contributed by atoms with van der Waals surface area (Å²) < 4.78 is 0. The molecule has 6 heteroatoms. The summed E-state index contributed by atoms with van der Waals surface area (Å²) in [5.41, 5.74) is 2.74. The summed E-state index contributed by atoms with van der Waals surface area (Å²) in [7, 11) is 0. The minimum absolute atomic E-state index is 0.658. The van der Waals surface area contributed by atoms with Crippen molar-refractivity contribution in [1.29, 1.82) is 0 Å². The second-order valence-corrected chi connectivity index (χ2v) is 5.68. The second-order valence-electron chi connectivity index (χ2n) is 3.90. The highest BCUT2D eigenvalue weighted by Crippen LogP contribution is 2.22. The van der Waals surface area contributed by atoms with Crippen LogP contribution in [0.5, 0.6) is 0 Å². The lowest BCUT2D eigenvalue weighted by Crippen LogP contribution is -2.18. The fourth-order valence-electron chi connectivity index (χ4n) is 1.21. The highest BCUT2D eigenvalue weighted by atomic mass is 32.1. The predicted octanol–water partition coefficient (Wildman–Crippen LogP) is 2.41. The molecule has 4 nitrogen and oxygen atoms in total. The minimum atomic E-state index is 0.658. The molecule has 0 spiro atoms. The topological polar surface area (TPSA) is 50.7 Å². The quantitative estimate of drug-likeness (QED) is 0.890. The van der Waals surface area contributed by atoms with E-state index in [0.717, 1.165) is 28.8 Å². The van der Waals surface area contributed by atoms with Gasteiger partial charge in [-0.2, -0.15) is 0 Å². The first-order valence-corrected chi connectivity index (χ1v) is 6.93. The third kappa shape index (κ3) is 3.07. The van der Waals surface area contributed by atoms with E-state index < -0.39 is 0 Å². The van der Waals surface area contributed by atoms with E-state index in [9.17, 15) is 0 Å². The fraction of sp³-hybridized carbons (Fsp3) is 0.500. The molecule has 0 bridgehead atoms. The maximum Gasteiger partial charge on any atom is 0.167 e. The number of thiazole rings is 1. The van der Waals surface area contributed by atoms with Gasteiger partial charge in [0.25, 0.3) is 0 Å². The number of aromatic nitrogens is 3. The highest BCUT2D eigenvalue weighted by molar-refractivity contribution is 7.15. The van der Waals surface area contributed by atoms with E-state index in [0.29, 0.717) is 5.92 Å². The van der Waals surface area contributed by atoms with Crippen LogP contribution in [0.3, 0.4) is 0 Å². The Morgan fingerprint density at radius 2 is 2.25 bits per heavy atom. The number of rotatable bonds is 5. The summed E-state index contributed by atoms with van der Waals surface area (Å²) >= 11 is 3.18.